The van der Waals surface area contributed by atoms with E-state index in [2.05, 4.69) is 0 Å². The quantitative estimate of drug-likeness (QED) is 0.562. The second kappa shape index (κ2) is 5.46. The molecule has 0 N–H and O–H groups in total. The maximum absolute atomic E-state index is 10.6. The van der Waals surface area contributed by atoms with Crippen LogP contribution in [0.2, 0.25) is 0 Å². The van der Waals surface area contributed by atoms with Crippen LogP contribution in [-0.4, -0.2) is 37.6 Å². The van der Waals surface area contributed by atoms with Crippen molar-refractivity contribution in [1.82, 2.24) is 4.90 Å². The van der Waals surface area contributed by atoms with Crippen LogP contribution in [0.5, 0.6) is 5.75 Å². The largest absolute Gasteiger partial charge is 0.497 e. The Labute approximate surface area is 94.8 Å². The van der Waals surface area contributed by atoms with Gasteiger partial charge in [0.2, 0.25) is 6.54 Å². The van der Waals surface area contributed by atoms with Crippen molar-refractivity contribution in [3.63, 3.8) is 0 Å². The van der Waals surface area contributed by atoms with Crippen molar-refractivity contribution in [2.24, 2.45) is 0 Å². The molecule has 5 nitrogen and oxygen atoms in total. The van der Waals surface area contributed by atoms with Gasteiger partial charge in [0.25, 0.3) is 0 Å². The number of hydrogen-bond acceptors (Lipinski definition) is 4. The number of ether oxygens (including phenoxy) is 1. The molecule has 0 aromatic heterocycles. The summed E-state index contributed by atoms with van der Waals surface area (Å²) in [6, 6.07) is 7.12. The molecule has 0 amide bonds. The van der Waals surface area contributed by atoms with Crippen LogP contribution < -0.4 is 4.74 Å². The van der Waals surface area contributed by atoms with Gasteiger partial charge < -0.3 is 4.74 Å². The van der Waals surface area contributed by atoms with Crippen LogP contribution in [0.3, 0.4) is 0 Å². The highest BCUT2D eigenvalue weighted by Gasteiger charge is 2.19. The summed E-state index contributed by atoms with van der Waals surface area (Å²) < 4.78 is 5.04. The van der Waals surface area contributed by atoms with Crippen molar-refractivity contribution in [3.8, 4) is 5.75 Å². The molecule has 0 saturated heterocycles. The second-order valence-corrected chi connectivity index (χ2v) is 3.77. The molecule has 0 bridgehead atoms. The first kappa shape index (κ1) is 12.4. The minimum Gasteiger partial charge on any atom is -0.497 e. The van der Waals surface area contributed by atoms with E-state index in [1.807, 2.05) is 43.3 Å². The lowest BCUT2D eigenvalue weighted by atomic mass is 10.1. The fourth-order valence-electron chi connectivity index (χ4n) is 1.53. The lowest BCUT2D eigenvalue weighted by Crippen LogP contribution is -2.26. The molecule has 0 spiro atoms. The summed E-state index contributed by atoms with van der Waals surface area (Å²) in [7, 11) is 5.26. The number of rotatable bonds is 5. The van der Waals surface area contributed by atoms with E-state index in [9.17, 15) is 10.1 Å². The van der Waals surface area contributed by atoms with E-state index < -0.39 is 0 Å². The van der Waals surface area contributed by atoms with E-state index in [1.54, 1.807) is 7.11 Å². The molecule has 0 saturated carbocycles. The standard InChI is InChI=1S/C11H16N2O3/c1-12(2)11(8-13(14)15)9-4-6-10(16-3)7-5-9/h4-7,11H,8H2,1-3H3. The van der Waals surface area contributed by atoms with E-state index in [0.717, 1.165) is 11.3 Å². The highest BCUT2D eigenvalue weighted by Crippen LogP contribution is 2.21. The van der Waals surface area contributed by atoms with Crippen molar-refractivity contribution in [2.75, 3.05) is 27.7 Å². The van der Waals surface area contributed by atoms with Crippen LogP contribution in [0, 0.1) is 10.1 Å². The smallest absolute Gasteiger partial charge is 0.223 e. The number of nitrogens with zero attached hydrogens (tertiary/aromatic N) is 2. The Bertz CT molecular complexity index is 349. The van der Waals surface area contributed by atoms with Gasteiger partial charge in [0.1, 0.15) is 5.75 Å². The Morgan fingerprint density at radius 2 is 1.94 bits per heavy atom. The molecule has 1 unspecified atom stereocenters. The third-order valence-electron chi connectivity index (χ3n) is 2.45. The zero-order chi connectivity index (χ0) is 12.1. The predicted octanol–water partition coefficient (Wildman–Crippen LogP) is 1.57. The van der Waals surface area contributed by atoms with Gasteiger partial charge in [0.15, 0.2) is 0 Å². The Kier molecular flexibility index (Phi) is 4.25. The maximum atomic E-state index is 10.6. The first-order chi connectivity index (χ1) is 7.54. The van der Waals surface area contributed by atoms with Gasteiger partial charge in [0, 0.05) is 4.92 Å². The molecule has 16 heavy (non-hydrogen) atoms. The SMILES string of the molecule is COc1ccc(C(C[N+](=O)[O-])N(C)C)cc1. The average molecular weight is 224 g/mol. The van der Waals surface area contributed by atoms with Gasteiger partial charge in [-0.2, -0.15) is 0 Å². The minimum atomic E-state index is -0.297. The van der Waals surface area contributed by atoms with Gasteiger partial charge in [-0.1, -0.05) is 12.1 Å². The van der Waals surface area contributed by atoms with E-state index in [4.69, 9.17) is 4.74 Å². The molecular weight excluding hydrogens is 208 g/mol. The molecular formula is C11H16N2O3. The Morgan fingerprint density at radius 3 is 2.31 bits per heavy atom. The molecule has 1 rings (SSSR count). The van der Waals surface area contributed by atoms with Crippen molar-refractivity contribution >= 4 is 0 Å². The molecule has 5 heteroatoms. The monoisotopic (exact) mass is 224 g/mol. The minimum absolute atomic E-state index is 0.0979. The summed E-state index contributed by atoms with van der Waals surface area (Å²) in [6.07, 6.45) is 0. The zero-order valence-corrected chi connectivity index (χ0v) is 9.71. The third kappa shape index (κ3) is 3.20. The molecule has 0 radical (unpaired) electrons. The summed E-state index contributed by atoms with van der Waals surface area (Å²) in [4.78, 5) is 12.1. The summed E-state index contributed by atoms with van der Waals surface area (Å²) in [5.74, 6) is 0.752. The highest BCUT2D eigenvalue weighted by molar-refractivity contribution is 5.29. The number of nitro groups is 1. The van der Waals surface area contributed by atoms with Crippen LogP contribution in [0.1, 0.15) is 11.6 Å². The van der Waals surface area contributed by atoms with Gasteiger partial charge in [-0.25, -0.2) is 0 Å². The van der Waals surface area contributed by atoms with Crippen molar-refractivity contribution < 1.29 is 9.66 Å². The third-order valence-corrected chi connectivity index (χ3v) is 2.45. The Hall–Kier alpha value is -1.62. The molecule has 88 valence electrons. The van der Waals surface area contributed by atoms with E-state index >= 15 is 0 Å². The molecule has 0 aliphatic heterocycles. The van der Waals surface area contributed by atoms with Crippen LogP contribution in [0.4, 0.5) is 0 Å². The normalized spacial score (nSPS) is 12.5. The zero-order valence-electron chi connectivity index (χ0n) is 9.71. The molecule has 0 aliphatic rings. The number of hydrogen-bond donors (Lipinski definition) is 0. The predicted molar refractivity (Wildman–Crippen MR) is 61.3 cm³/mol. The molecule has 0 fully saturated rings. The van der Waals surface area contributed by atoms with Crippen molar-refractivity contribution in [2.45, 2.75) is 6.04 Å². The van der Waals surface area contributed by atoms with Gasteiger partial charge in [-0.05, 0) is 31.8 Å². The topological polar surface area (TPSA) is 55.6 Å². The van der Waals surface area contributed by atoms with Crippen LogP contribution in [-0.2, 0) is 0 Å². The lowest BCUT2D eigenvalue weighted by molar-refractivity contribution is -0.487. The van der Waals surface area contributed by atoms with Gasteiger partial charge in [-0.15, -0.1) is 0 Å². The molecule has 1 aromatic rings. The van der Waals surface area contributed by atoms with Crippen molar-refractivity contribution in [3.05, 3.63) is 39.9 Å². The molecule has 0 heterocycles. The van der Waals surface area contributed by atoms with E-state index in [0.29, 0.717) is 0 Å². The number of methoxy groups -OCH3 is 1. The molecule has 0 aliphatic carbocycles. The van der Waals surface area contributed by atoms with Gasteiger partial charge in [0.05, 0.1) is 13.2 Å². The second-order valence-electron chi connectivity index (χ2n) is 3.77. The number of benzene rings is 1. The van der Waals surface area contributed by atoms with Crippen molar-refractivity contribution in [1.29, 1.82) is 0 Å². The fourth-order valence-corrected chi connectivity index (χ4v) is 1.53. The highest BCUT2D eigenvalue weighted by atomic mass is 16.6. The van der Waals surface area contributed by atoms with Gasteiger partial charge in [-0.3, -0.25) is 15.0 Å². The maximum Gasteiger partial charge on any atom is 0.223 e. The number of likely N-dealkylation sites (N-methyl/N-ethyl adjacent to an activating group) is 1. The first-order valence-electron chi connectivity index (χ1n) is 4.96. The summed E-state index contributed by atoms with van der Waals surface area (Å²) in [6.45, 7) is -0.0979. The van der Waals surface area contributed by atoms with E-state index in [1.165, 1.54) is 0 Å². The van der Waals surface area contributed by atoms with Crippen LogP contribution >= 0.6 is 0 Å². The average Bonchev–Trinajstić information content (AvgIpc) is 2.25. The summed E-state index contributed by atoms with van der Waals surface area (Å²) >= 11 is 0. The fraction of sp³-hybridized carbons (Fsp3) is 0.455. The summed E-state index contributed by atoms with van der Waals surface area (Å²) in [5.41, 5.74) is 0.919. The molecule has 1 atom stereocenters. The Morgan fingerprint density at radius 1 is 1.38 bits per heavy atom. The van der Waals surface area contributed by atoms with Crippen LogP contribution in [0.25, 0.3) is 0 Å². The summed E-state index contributed by atoms with van der Waals surface area (Å²) in [5, 5.41) is 10.6. The van der Waals surface area contributed by atoms with Crippen LogP contribution in [0.15, 0.2) is 24.3 Å². The molecule has 1 aromatic carbocycles. The Balaban J connectivity index is 2.88. The first-order valence-corrected chi connectivity index (χ1v) is 4.96. The van der Waals surface area contributed by atoms with E-state index in [-0.39, 0.29) is 17.5 Å². The lowest BCUT2D eigenvalue weighted by Gasteiger charge is -2.20. The van der Waals surface area contributed by atoms with Gasteiger partial charge >= 0.3 is 0 Å².